The molecule has 0 fully saturated rings. The van der Waals surface area contributed by atoms with Crippen molar-refractivity contribution in [3.05, 3.63) is 44.7 Å². The van der Waals surface area contributed by atoms with Crippen molar-refractivity contribution in [1.29, 1.82) is 0 Å². The highest BCUT2D eigenvalue weighted by Gasteiger charge is 2.13. The lowest BCUT2D eigenvalue weighted by molar-refractivity contribution is 0.0946. The third kappa shape index (κ3) is 3.78. The molecule has 0 aliphatic carbocycles. The maximum Gasteiger partial charge on any atom is 0.257 e. The number of aromatic nitrogens is 1. The van der Waals surface area contributed by atoms with Gasteiger partial charge in [0.2, 0.25) is 5.88 Å². The molecule has 1 N–H and O–H groups in total. The molecule has 2 aromatic heterocycles. The van der Waals surface area contributed by atoms with Gasteiger partial charge < -0.3 is 10.1 Å². The predicted octanol–water partition coefficient (Wildman–Crippen LogP) is 3.23. The molecule has 0 radical (unpaired) electrons. The summed E-state index contributed by atoms with van der Waals surface area (Å²) in [6.45, 7) is 2.84. The van der Waals surface area contributed by atoms with Crippen molar-refractivity contribution in [1.82, 2.24) is 10.3 Å². The van der Waals surface area contributed by atoms with Crippen LogP contribution in [0.1, 0.15) is 22.2 Å². The Kier molecular flexibility index (Phi) is 4.93. The van der Waals surface area contributed by atoms with Crippen molar-refractivity contribution >= 4 is 33.2 Å². The van der Waals surface area contributed by atoms with Crippen LogP contribution < -0.4 is 10.1 Å². The van der Waals surface area contributed by atoms with Gasteiger partial charge in [0.25, 0.3) is 5.91 Å². The first-order valence-corrected chi connectivity index (χ1v) is 7.42. The molecule has 2 rings (SSSR count). The molecule has 2 aromatic rings. The van der Waals surface area contributed by atoms with Gasteiger partial charge in [0.1, 0.15) is 5.56 Å². The number of rotatable bonds is 5. The van der Waals surface area contributed by atoms with Crippen LogP contribution in [0.25, 0.3) is 0 Å². The molecule has 0 aliphatic heterocycles. The van der Waals surface area contributed by atoms with Gasteiger partial charge in [-0.3, -0.25) is 4.79 Å². The van der Waals surface area contributed by atoms with Gasteiger partial charge in [-0.15, -0.1) is 11.3 Å². The molecular formula is C13H13BrN2O2S. The number of carbonyl (C=O) groups is 1. The largest absolute Gasteiger partial charge is 0.477 e. The van der Waals surface area contributed by atoms with Crippen molar-refractivity contribution in [2.24, 2.45) is 0 Å². The molecule has 100 valence electrons. The third-order valence-electron chi connectivity index (χ3n) is 2.35. The topological polar surface area (TPSA) is 51.2 Å². The van der Waals surface area contributed by atoms with Crippen molar-refractivity contribution in [2.45, 2.75) is 13.5 Å². The van der Waals surface area contributed by atoms with Gasteiger partial charge in [0.15, 0.2) is 0 Å². The number of hydrogen-bond donors (Lipinski definition) is 1. The summed E-state index contributed by atoms with van der Waals surface area (Å²) >= 11 is 4.99. The second kappa shape index (κ2) is 6.68. The van der Waals surface area contributed by atoms with Gasteiger partial charge >= 0.3 is 0 Å². The van der Waals surface area contributed by atoms with E-state index in [1.165, 1.54) is 0 Å². The zero-order valence-electron chi connectivity index (χ0n) is 10.4. The van der Waals surface area contributed by atoms with Crippen molar-refractivity contribution < 1.29 is 9.53 Å². The highest BCUT2D eigenvalue weighted by Crippen LogP contribution is 2.22. The Labute approximate surface area is 124 Å². The van der Waals surface area contributed by atoms with E-state index in [0.717, 1.165) is 8.66 Å². The van der Waals surface area contributed by atoms with E-state index in [2.05, 4.69) is 26.2 Å². The molecular weight excluding hydrogens is 328 g/mol. The fourth-order valence-electron chi connectivity index (χ4n) is 1.52. The number of nitrogens with one attached hydrogen (secondary N) is 1. The quantitative estimate of drug-likeness (QED) is 0.908. The van der Waals surface area contributed by atoms with Crippen LogP contribution in [0.3, 0.4) is 0 Å². The lowest BCUT2D eigenvalue weighted by atomic mass is 10.2. The second-order valence-corrected chi connectivity index (χ2v) is 6.23. The first kappa shape index (κ1) is 14.0. The van der Waals surface area contributed by atoms with E-state index in [9.17, 15) is 4.79 Å². The normalized spacial score (nSPS) is 10.2. The standard InChI is InChI=1S/C13H13BrN2O2S/c1-2-18-13-10(4-3-7-15-13)12(17)16-8-9-5-6-11(14)19-9/h3-7H,2,8H2,1H3,(H,16,17). The minimum absolute atomic E-state index is 0.180. The number of pyridine rings is 1. The average Bonchev–Trinajstić information content (AvgIpc) is 2.83. The summed E-state index contributed by atoms with van der Waals surface area (Å²) in [6.07, 6.45) is 1.61. The molecule has 0 aliphatic rings. The monoisotopic (exact) mass is 340 g/mol. The number of hydrogen-bond acceptors (Lipinski definition) is 4. The number of thiophene rings is 1. The molecule has 0 unspecified atom stereocenters. The predicted molar refractivity (Wildman–Crippen MR) is 78.6 cm³/mol. The van der Waals surface area contributed by atoms with Crippen molar-refractivity contribution in [3.8, 4) is 5.88 Å². The minimum atomic E-state index is -0.180. The smallest absolute Gasteiger partial charge is 0.257 e. The number of carbonyl (C=O) groups excluding carboxylic acids is 1. The van der Waals surface area contributed by atoms with E-state index in [0.29, 0.717) is 24.6 Å². The molecule has 0 spiro atoms. The van der Waals surface area contributed by atoms with Gasteiger partial charge in [-0.05, 0) is 47.1 Å². The fourth-order valence-corrected chi connectivity index (χ4v) is 2.95. The Morgan fingerprint density at radius 1 is 1.47 bits per heavy atom. The Balaban J connectivity index is 2.03. The lowest BCUT2D eigenvalue weighted by Gasteiger charge is -2.08. The number of amides is 1. The summed E-state index contributed by atoms with van der Waals surface area (Å²) in [5.41, 5.74) is 0.458. The highest BCUT2D eigenvalue weighted by molar-refractivity contribution is 9.11. The minimum Gasteiger partial charge on any atom is -0.477 e. The molecule has 0 saturated carbocycles. The highest BCUT2D eigenvalue weighted by atomic mass is 79.9. The number of ether oxygens (including phenoxy) is 1. The van der Waals surface area contributed by atoms with Gasteiger partial charge in [-0.25, -0.2) is 4.98 Å². The third-order valence-corrected chi connectivity index (χ3v) is 3.97. The van der Waals surface area contributed by atoms with Gasteiger partial charge in [0, 0.05) is 11.1 Å². The molecule has 0 saturated heterocycles. The summed E-state index contributed by atoms with van der Waals surface area (Å²) in [7, 11) is 0. The van der Waals surface area contributed by atoms with E-state index >= 15 is 0 Å². The molecule has 2 heterocycles. The zero-order chi connectivity index (χ0) is 13.7. The van der Waals surface area contributed by atoms with Crippen LogP contribution in [0.15, 0.2) is 34.2 Å². The molecule has 6 heteroatoms. The Hall–Kier alpha value is -1.40. The van der Waals surface area contributed by atoms with Crippen LogP contribution in [0.5, 0.6) is 5.88 Å². The molecule has 19 heavy (non-hydrogen) atoms. The second-order valence-electron chi connectivity index (χ2n) is 3.68. The Bertz CT molecular complexity index is 571. The summed E-state index contributed by atoms with van der Waals surface area (Å²) in [5, 5.41) is 2.86. The van der Waals surface area contributed by atoms with Crippen LogP contribution in [0.2, 0.25) is 0 Å². The van der Waals surface area contributed by atoms with E-state index in [1.807, 2.05) is 19.1 Å². The summed E-state index contributed by atoms with van der Waals surface area (Å²) in [4.78, 5) is 17.2. The molecule has 4 nitrogen and oxygen atoms in total. The zero-order valence-corrected chi connectivity index (χ0v) is 12.8. The summed E-state index contributed by atoms with van der Waals surface area (Å²) in [5.74, 6) is 0.191. The molecule has 0 aromatic carbocycles. The summed E-state index contributed by atoms with van der Waals surface area (Å²) < 4.78 is 6.39. The maximum atomic E-state index is 12.1. The molecule has 0 bridgehead atoms. The van der Waals surface area contributed by atoms with Gasteiger partial charge in [0.05, 0.1) is 16.9 Å². The van der Waals surface area contributed by atoms with Crippen LogP contribution in [-0.4, -0.2) is 17.5 Å². The maximum absolute atomic E-state index is 12.1. The Morgan fingerprint density at radius 3 is 3.00 bits per heavy atom. The summed E-state index contributed by atoms with van der Waals surface area (Å²) in [6, 6.07) is 7.36. The van der Waals surface area contributed by atoms with E-state index in [-0.39, 0.29) is 5.91 Å². The van der Waals surface area contributed by atoms with E-state index in [4.69, 9.17) is 4.74 Å². The number of nitrogens with zero attached hydrogens (tertiary/aromatic N) is 1. The van der Waals surface area contributed by atoms with Crippen LogP contribution in [0, 0.1) is 0 Å². The van der Waals surface area contributed by atoms with Crippen LogP contribution in [0.4, 0.5) is 0 Å². The first-order chi connectivity index (χ1) is 9.20. The SMILES string of the molecule is CCOc1ncccc1C(=O)NCc1ccc(Br)s1. The van der Waals surface area contributed by atoms with E-state index in [1.54, 1.807) is 29.7 Å². The van der Waals surface area contributed by atoms with E-state index < -0.39 is 0 Å². The number of halogens is 1. The lowest BCUT2D eigenvalue weighted by Crippen LogP contribution is -2.23. The van der Waals surface area contributed by atoms with Crippen molar-refractivity contribution in [2.75, 3.05) is 6.61 Å². The fraction of sp³-hybridized carbons (Fsp3) is 0.231. The van der Waals surface area contributed by atoms with Crippen molar-refractivity contribution in [3.63, 3.8) is 0 Å². The average molecular weight is 341 g/mol. The van der Waals surface area contributed by atoms with Gasteiger partial charge in [-0.2, -0.15) is 0 Å². The van der Waals surface area contributed by atoms with Gasteiger partial charge in [-0.1, -0.05) is 0 Å². The van der Waals surface area contributed by atoms with Crippen LogP contribution >= 0.6 is 27.3 Å². The Morgan fingerprint density at radius 2 is 2.32 bits per heavy atom. The molecule has 0 atom stereocenters. The van der Waals surface area contributed by atoms with Crippen LogP contribution in [-0.2, 0) is 6.54 Å². The molecule has 1 amide bonds. The first-order valence-electron chi connectivity index (χ1n) is 5.81.